The van der Waals surface area contributed by atoms with Crippen LogP contribution in [0, 0.1) is 0 Å². The molecular formula is C18H14F3N3O4. The molecule has 0 atom stereocenters. The number of hydrogen-bond acceptors (Lipinski definition) is 6. The lowest BCUT2D eigenvalue weighted by Gasteiger charge is -2.11. The van der Waals surface area contributed by atoms with Gasteiger partial charge in [-0.1, -0.05) is 11.2 Å². The summed E-state index contributed by atoms with van der Waals surface area (Å²) >= 11 is 0. The second-order valence-corrected chi connectivity index (χ2v) is 5.48. The molecule has 0 saturated heterocycles. The van der Waals surface area contributed by atoms with Gasteiger partial charge in [-0.25, -0.2) is 0 Å². The lowest BCUT2D eigenvalue weighted by Crippen LogP contribution is -2.13. The van der Waals surface area contributed by atoms with E-state index in [1.54, 1.807) is 12.1 Å². The van der Waals surface area contributed by atoms with Crippen LogP contribution in [-0.2, 0) is 6.18 Å². The second kappa shape index (κ2) is 7.59. The number of anilines is 1. The summed E-state index contributed by atoms with van der Waals surface area (Å²) in [5.74, 6) is -0.0314. The highest BCUT2D eigenvalue weighted by Crippen LogP contribution is 2.32. The maximum atomic E-state index is 12.6. The van der Waals surface area contributed by atoms with E-state index in [-0.39, 0.29) is 28.8 Å². The summed E-state index contributed by atoms with van der Waals surface area (Å²) in [4.78, 5) is 12.5. The number of nitrogens with one attached hydrogen (secondary N) is 1. The number of carbonyl (C=O) groups is 1. The molecular weight excluding hydrogens is 379 g/mol. The zero-order valence-corrected chi connectivity index (χ0v) is 14.7. The second-order valence-electron chi connectivity index (χ2n) is 5.48. The molecule has 0 aliphatic heterocycles. The van der Waals surface area contributed by atoms with Gasteiger partial charge in [0.2, 0.25) is 5.89 Å². The van der Waals surface area contributed by atoms with E-state index in [1.807, 2.05) is 0 Å². The predicted molar refractivity (Wildman–Crippen MR) is 92.2 cm³/mol. The standard InChI is InChI=1S/C18H14F3N3O4/c1-26-13-5-3-4-12(14(13)27-2)15(25)22-17-24-23-16(28-17)10-6-8-11(9-7-10)18(19,20)21/h3-9H,1-2H3,(H,22,24,25). The summed E-state index contributed by atoms with van der Waals surface area (Å²) in [6.45, 7) is 0. The van der Waals surface area contributed by atoms with E-state index in [1.165, 1.54) is 32.4 Å². The first-order valence-electron chi connectivity index (χ1n) is 7.87. The van der Waals surface area contributed by atoms with Crippen LogP contribution in [0.4, 0.5) is 19.2 Å². The number of amides is 1. The van der Waals surface area contributed by atoms with Crippen LogP contribution in [0.2, 0.25) is 0 Å². The first-order valence-corrected chi connectivity index (χ1v) is 7.87. The summed E-state index contributed by atoms with van der Waals surface area (Å²) < 4.78 is 53.5. The van der Waals surface area contributed by atoms with Crippen molar-refractivity contribution in [3.05, 3.63) is 53.6 Å². The van der Waals surface area contributed by atoms with E-state index in [0.29, 0.717) is 5.75 Å². The fourth-order valence-corrected chi connectivity index (χ4v) is 2.42. The molecule has 146 valence electrons. The van der Waals surface area contributed by atoms with E-state index in [0.717, 1.165) is 12.1 Å². The van der Waals surface area contributed by atoms with Crippen molar-refractivity contribution in [1.82, 2.24) is 10.2 Å². The third-order valence-electron chi connectivity index (χ3n) is 3.75. The maximum absolute atomic E-state index is 12.6. The van der Waals surface area contributed by atoms with Crippen molar-refractivity contribution in [2.24, 2.45) is 0 Å². The van der Waals surface area contributed by atoms with Crippen molar-refractivity contribution in [3.63, 3.8) is 0 Å². The highest BCUT2D eigenvalue weighted by Gasteiger charge is 2.30. The molecule has 1 heterocycles. The number of hydrogen-bond donors (Lipinski definition) is 1. The lowest BCUT2D eigenvalue weighted by atomic mass is 10.1. The molecule has 1 aromatic heterocycles. The fraction of sp³-hybridized carbons (Fsp3) is 0.167. The molecule has 0 unspecified atom stereocenters. The van der Waals surface area contributed by atoms with Crippen LogP contribution in [0.25, 0.3) is 11.5 Å². The van der Waals surface area contributed by atoms with E-state index in [2.05, 4.69) is 15.5 Å². The maximum Gasteiger partial charge on any atom is 0.416 e. The number of ether oxygens (including phenoxy) is 2. The van der Waals surface area contributed by atoms with Crippen LogP contribution in [0.1, 0.15) is 15.9 Å². The molecule has 10 heteroatoms. The number of carbonyl (C=O) groups excluding carboxylic acids is 1. The van der Waals surface area contributed by atoms with Crippen LogP contribution < -0.4 is 14.8 Å². The lowest BCUT2D eigenvalue weighted by molar-refractivity contribution is -0.137. The van der Waals surface area contributed by atoms with Gasteiger partial charge in [-0.2, -0.15) is 13.2 Å². The average molecular weight is 393 g/mol. The van der Waals surface area contributed by atoms with Gasteiger partial charge in [0, 0.05) is 5.56 Å². The molecule has 0 bridgehead atoms. The normalized spacial score (nSPS) is 11.2. The van der Waals surface area contributed by atoms with Crippen molar-refractivity contribution >= 4 is 11.9 Å². The molecule has 0 fully saturated rings. The van der Waals surface area contributed by atoms with Crippen molar-refractivity contribution in [2.75, 3.05) is 19.5 Å². The summed E-state index contributed by atoms with van der Waals surface area (Å²) in [5, 5.41) is 9.83. The molecule has 28 heavy (non-hydrogen) atoms. The minimum Gasteiger partial charge on any atom is -0.493 e. The number of benzene rings is 2. The van der Waals surface area contributed by atoms with Gasteiger partial charge in [0.25, 0.3) is 5.91 Å². The molecule has 0 radical (unpaired) electrons. The van der Waals surface area contributed by atoms with E-state index in [9.17, 15) is 18.0 Å². The van der Waals surface area contributed by atoms with Gasteiger partial charge in [0.1, 0.15) is 0 Å². The van der Waals surface area contributed by atoms with Crippen molar-refractivity contribution in [2.45, 2.75) is 6.18 Å². The van der Waals surface area contributed by atoms with Gasteiger partial charge in [-0.3, -0.25) is 10.1 Å². The van der Waals surface area contributed by atoms with Gasteiger partial charge >= 0.3 is 12.2 Å². The third kappa shape index (κ3) is 3.90. The third-order valence-corrected chi connectivity index (χ3v) is 3.75. The molecule has 7 nitrogen and oxygen atoms in total. The zero-order chi connectivity index (χ0) is 20.3. The Balaban J connectivity index is 1.79. The first kappa shape index (κ1) is 19.2. The predicted octanol–water partition coefficient (Wildman–Crippen LogP) is 4.02. The van der Waals surface area contributed by atoms with Gasteiger partial charge < -0.3 is 13.9 Å². The van der Waals surface area contributed by atoms with E-state index in [4.69, 9.17) is 13.9 Å². The number of para-hydroxylation sites is 1. The number of rotatable bonds is 5. The van der Waals surface area contributed by atoms with Crippen LogP contribution in [-0.4, -0.2) is 30.3 Å². The minimum atomic E-state index is -4.44. The largest absolute Gasteiger partial charge is 0.493 e. The Bertz CT molecular complexity index is 984. The minimum absolute atomic E-state index is 0.0402. The van der Waals surface area contributed by atoms with Gasteiger partial charge in [0.05, 0.1) is 25.3 Å². The number of halogens is 3. The molecule has 0 spiro atoms. The van der Waals surface area contributed by atoms with Crippen molar-refractivity contribution < 1.29 is 31.9 Å². The molecule has 0 aliphatic rings. The molecule has 3 aromatic rings. The highest BCUT2D eigenvalue weighted by molar-refractivity contribution is 6.05. The number of nitrogens with zero attached hydrogens (tertiary/aromatic N) is 2. The Morgan fingerprint density at radius 1 is 1.04 bits per heavy atom. The average Bonchev–Trinajstić information content (AvgIpc) is 3.15. The summed E-state index contributed by atoms with van der Waals surface area (Å²) in [6.07, 6.45) is -4.44. The number of aromatic nitrogens is 2. The van der Waals surface area contributed by atoms with Gasteiger partial charge in [-0.05, 0) is 36.4 Å². The van der Waals surface area contributed by atoms with Crippen LogP contribution in [0.5, 0.6) is 11.5 Å². The number of methoxy groups -OCH3 is 2. The summed E-state index contributed by atoms with van der Waals surface area (Å²) in [5.41, 5.74) is -0.342. The SMILES string of the molecule is COc1cccc(C(=O)Nc2nnc(-c3ccc(C(F)(F)F)cc3)o2)c1OC. The smallest absolute Gasteiger partial charge is 0.416 e. The molecule has 0 aliphatic carbocycles. The van der Waals surface area contributed by atoms with Crippen LogP contribution in [0.3, 0.4) is 0 Å². The Kier molecular flexibility index (Phi) is 5.21. The topological polar surface area (TPSA) is 86.5 Å². The summed E-state index contributed by atoms with van der Waals surface area (Å²) in [7, 11) is 2.83. The van der Waals surface area contributed by atoms with Gasteiger partial charge in [0.15, 0.2) is 11.5 Å². The molecule has 1 N–H and O–H groups in total. The quantitative estimate of drug-likeness (QED) is 0.705. The van der Waals surface area contributed by atoms with E-state index >= 15 is 0 Å². The monoisotopic (exact) mass is 393 g/mol. The van der Waals surface area contributed by atoms with Crippen molar-refractivity contribution in [1.29, 1.82) is 0 Å². The van der Waals surface area contributed by atoms with Crippen molar-refractivity contribution in [3.8, 4) is 23.0 Å². The molecule has 2 aromatic carbocycles. The van der Waals surface area contributed by atoms with E-state index < -0.39 is 17.6 Å². The molecule has 3 rings (SSSR count). The van der Waals surface area contributed by atoms with Crippen LogP contribution >= 0.6 is 0 Å². The molecule has 1 amide bonds. The molecule has 0 saturated carbocycles. The summed E-state index contributed by atoms with van der Waals surface area (Å²) in [6, 6.07) is 8.74. The highest BCUT2D eigenvalue weighted by atomic mass is 19.4. The Hall–Kier alpha value is -3.56. The Morgan fingerprint density at radius 2 is 1.75 bits per heavy atom. The van der Waals surface area contributed by atoms with Crippen LogP contribution in [0.15, 0.2) is 46.9 Å². The Morgan fingerprint density at radius 3 is 2.36 bits per heavy atom. The fourth-order valence-electron chi connectivity index (χ4n) is 2.42. The zero-order valence-electron chi connectivity index (χ0n) is 14.7. The van der Waals surface area contributed by atoms with Gasteiger partial charge in [-0.15, -0.1) is 5.10 Å². The first-order chi connectivity index (χ1) is 13.3. The Labute approximate surface area is 157 Å². The number of alkyl halides is 3.